The topological polar surface area (TPSA) is 51.7 Å². The predicted molar refractivity (Wildman–Crippen MR) is 137 cm³/mol. The Labute approximate surface area is 231 Å². The van der Waals surface area contributed by atoms with Crippen LogP contribution in [0.4, 0.5) is 31.1 Å². The molecule has 40 heavy (non-hydrogen) atoms. The maximum atomic E-state index is 13.4. The molecule has 0 radical (unpaired) electrons. The van der Waals surface area contributed by atoms with Crippen molar-refractivity contribution in [2.75, 3.05) is 7.11 Å². The minimum absolute atomic E-state index is 0.0313. The number of cyclic esters (lactones) is 1. The monoisotopic (exact) mass is 584 g/mol. The van der Waals surface area contributed by atoms with E-state index in [-0.39, 0.29) is 12.6 Å². The molecule has 0 aliphatic carbocycles. The van der Waals surface area contributed by atoms with Crippen molar-refractivity contribution in [3.8, 4) is 16.9 Å². The van der Waals surface area contributed by atoms with Gasteiger partial charge in [0, 0.05) is 16.1 Å². The fourth-order valence-corrected chi connectivity index (χ4v) is 4.67. The van der Waals surface area contributed by atoms with Crippen LogP contribution in [0.5, 0.6) is 5.75 Å². The minimum atomic E-state index is -5.04. The number of ether oxygens (including phenoxy) is 2. The first-order valence-electron chi connectivity index (χ1n) is 12.0. The molecule has 1 fully saturated rings. The number of rotatable bonds is 6. The summed E-state index contributed by atoms with van der Waals surface area (Å²) in [7, 11) is 1.49. The third kappa shape index (κ3) is 6.04. The average molecular weight is 585 g/mol. The molecular formula is C28H23ClF6N2O3. The summed E-state index contributed by atoms with van der Waals surface area (Å²) < 4.78 is 91.2. The van der Waals surface area contributed by atoms with Gasteiger partial charge in [-0.2, -0.15) is 26.3 Å². The minimum Gasteiger partial charge on any atom is -0.497 e. The highest BCUT2D eigenvalue weighted by Crippen LogP contribution is 2.42. The Balaban J connectivity index is 1.75. The lowest BCUT2D eigenvalue weighted by atomic mass is 9.97. The van der Waals surface area contributed by atoms with Crippen LogP contribution < -0.4 is 4.74 Å². The van der Waals surface area contributed by atoms with E-state index in [1.165, 1.54) is 18.9 Å². The van der Waals surface area contributed by atoms with E-state index < -0.39 is 47.3 Å². The Hall–Kier alpha value is -3.73. The van der Waals surface area contributed by atoms with Gasteiger partial charge in [-0.25, -0.2) is 4.79 Å². The maximum Gasteiger partial charge on any atom is 0.416 e. The van der Waals surface area contributed by atoms with Gasteiger partial charge in [0.1, 0.15) is 11.9 Å². The Morgan fingerprint density at radius 3 is 2.23 bits per heavy atom. The summed E-state index contributed by atoms with van der Waals surface area (Å²) in [5, 5.41) is 0.376. The number of nitrogens with zero attached hydrogens (tertiary/aromatic N) is 2. The molecule has 1 aliphatic rings. The van der Waals surface area contributed by atoms with E-state index in [1.54, 1.807) is 49.4 Å². The molecule has 1 aromatic heterocycles. The van der Waals surface area contributed by atoms with Gasteiger partial charge in [0.2, 0.25) is 0 Å². The molecule has 212 valence electrons. The molecule has 1 saturated heterocycles. The van der Waals surface area contributed by atoms with E-state index in [2.05, 4.69) is 4.98 Å². The lowest BCUT2D eigenvalue weighted by Crippen LogP contribution is -2.32. The highest BCUT2D eigenvalue weighted by molar-refractivity contribution is 6.33. The first kappa shape index (κ1) is 29.3. The van der Waals surface area contributed by atoms with Gasteiger partial charge in [0.25, 0.3) is 0 Å². The fourth-order valence-electron chi connectivity index (χ4n) is 4.45. The zero-order valence-corrected chi connectivity index (χ0v) is 22.2. The van der Waals surface area contributed by atoms with E-state index in [1.807, 2.05) is 0 Å². The molecule has 3 aromatic rings. The quantitative estimate of drug-likeness (QED) is 0.272. The Morgan fingerprint density at radius 2 is 1.65 bits per heavy atom. The second kappa shape index (κ2) is 11.0. The van der Waals surface area contributed by atoms with Crippen LogP contribution >= 0.6 is 11.6 Å². The summed E-state index contributed by atoms with van der Waals surface area (Å²) in [5.74, 6) is 0.516. The number of allylic oxidation sites excluding steroid dienone is 1. The number of amides is 1. The molecule has 2 atom stereocenters. The standard InChI is InChI=1S/C28H23ClF6N2O3/c1-4-5-19-6-8-21(22-13-20(39-3)7-9-23(22)29)24(36-19)14-37-15(2)25(40-26(37)38)16-10-17(27(30,31)32)12-18(11-16)28(33,34)35/h4-13,15,25H,14H2,1-3H3/b5-4+. The molecule has 2 unspecified atom stereocenters. The van der Waals surface area contributed by atoms with E-state index in [9.17, 15) is 31.1 Å². The summed E-state index contributed by atoms with van der Waals surface area (Å²) in [6.07, 6.45) is -8.88. The lowest BCUT2D eigenvalue weighted by molar-refractivity contribution is -0.143. The van der Waals surface area contributed by atoms with Crippen molar-refractivity contribution in [1.29, 1.82) is 0 Å². The molecule has 0 bridgehead atoms. The number of alkyl halides is 6. The van der Waals surface area contributed by atoms with Crippen LogP contribution in [0.25, 0.3) is 17.2 Å². The van der Waals surface area contributed by atoms with Gasteiger partial charge in [-0.05, 0) is 68.0 Å². The molecule has 1 amide bonds. The number of methoxy groups -OCH3 is 1. The maximum absolute atomic E-state index is 13.4. The second-order valence-corrected chi connectivity index (χ2v) is 9.50. The van der Waals surface area contributed by atoms with Gasteiger partial charge in [-0.15, -0.1) is 0 Å². The molecule has 2 aromatic carbocycles. The van der Waals surface area contributed by atoms with Crippen molar-refractivity contribution in [3.63, 3.8) is 0 Å². The SMILES string of the molecule is C/C=C/c1ccc(-c2cc(OC)ccc2Cl)c(CN2C(=O)OC(c3cc(C(F)(F)F)cc(C(F)(F)F)c3)C2C)n1. The second-order valence-electron chi connectivity index (χ2n) is 9.09. The van der Waals surface area contributed by atoms with Crippen LogP contribution in [0.1, 0.15) is 48.0 Å². The summed E-state index contributed by atoms with van der Waals surface area (Å²) >= 11 is 6.45. The van der Waals surface area contributed by atoms with Crippen LogP contribution in [0, 0.1) is 0 Å². The molecule has 1 aliphatic heterocycles. The Bertz CT molecular complexity index is 1420. The Morgan fingerprint density at radius 1 is 1.00 bits per heavy atom. The number of carbonyl (C=O) groups excluding carboxylic acids is 1. The van der Waals surface area contributed by atoms with Gasteiger partial charge >= 0.3 is 18.4 Å². The first-order valence-corrected chi connectivity index (χ1v) is 12.3. The highest BCUT2D eigenvalue weighted by Gasteiger charge is 2.43. The van der Waals surface area contributed by atoms with Gasteiger partial charge in [-0.1, -0.05) is 23.7 Å². The fraction of sp³-hybridized carbons (Fsp3) is 0.286. The van der Waals surface area contributed by atoms with E-state index in [0.29, 0.717) is 45.4 Å². The van der Waals surface area contributed by atoms with Crippen molar-refractivity contribution in [2.45, 2.75) is 44.9 Å². The summed E-state index contributed by atoms with van der Waals surface area (Å²) in [6.45, 7) is 3.12. The van der Waals surface area contributed by atoms with E-state index >= 15 is 0 Å². The zero-order valence-electron chi connectivity index (χ0n) is 21.4. The van der Waals surface area contributed by atoms with E-state index in [0.717, 1.165) is 0 Å². The molecule has 12 heteroatoms. The van der Waals surface area contributed by atoms with Gasteiger partial charge in [0.15, 0.2) is 0 Å². The smallest absolute Gasteiger partial charge is 0.416 e. The number of hydrogen-bond donors (Lipinski definition) is 0. The normalized spacial score (nSPS) is 17.9. The van der Waals surface area contributed by atoms with Crippen molar-refractivity contribution >= 4 is 23.8 Å². The molecule has 0 spiro atoms. The van der Waals surface area contributed by atoms with E-state index in [4.69, 9.17) is 21.1 Å². The third-order valence-electron chi connectivity index (χ3n) is 6.45. The Kier molecular flexibility index (Phi) is 8.07. The van der Waals surface area contributed by atoms with Crippen LogP contribution in [0.3, 0.4) is 0 Å². The predicted octanol–water partition coefficient (Wildman–Crippen LogP) is 8.56. The first-order chi connectivity index (χ1) is 18.7. The van der Waals surface area contributed by atoms with Crippen molar-refractivity contribution < 1.29 is 40.6 Å². The average Bonchev–Trinajstić information content (AvgIpc) is 3.17. The highest BCUT2D eigenvalue weighted by atomic mass is 35.5. The molecular weight excluding hydrogens is 562 g/mol. The molecule has 2 heterocycles. The third-order valence-corrected chi connectivity index (χ3v) is 6.78. The number of halogens is 7. The van der Waals surface area contributed by atoms with Crippen LogP contribution in [-0.4, -0.2) is 29.1 Å². The molecule has 0 saturated carbocycles. The van der Waals surface area contributed by atoms with Crippen molar-refractivity contribution in [2.24, 2.45) is 0 Å². The van der Waals surface area contributed by atoms with Crippen molar-refractivity contribution in [3.05, 3.63) is 87.7 Å². The van der Waals surface area contributed by atoms with Crippen LogP contribution in [0.15, 0.2) is 54.6 Å². The zero-order chi connectivity index (χ0) is 29.4. The number of hydrogen-bond acceptors (Lipinski definition) is 4. The van der Waals surface area contributed by atoms with Crippen molar-refractivity contribution in [1.82, 2.24) is 9.88 Å². The number of aromatic nitrogens is 1. The number of benzene rings is 2. The van der Waals surface area contributed by atoms with Gasteiger partial charge in [0.05, 0.1) is 42.2 Å². The molecule has 5 nitrogen and oxygen atoms in total. The van der Waals surface area contributed by atoms with Gasteiger partial charge < -0.3 is 9.47 Å². The summed E-state index contributed by atoms with van der Waals surface area (Å²) in [4.78, 5) is 18.8. The lowest BCUT2D eigenvalue weighted by Gasteiger charge is -2.23. The number of pyridine rings is 1. The number of carbonyl (C=O) groups is 1. The van der Waals surface area contributed by atoms with Gasteiger partial charge in [-0.3, -0.25) is 9.88 Å². The molecule has 0 N–H and O–H groups in total. The summed E-state index contributed by atoms with van der Waals surface area (Å²) in [5.41, 5.74) is -1.35. The largest absolute Gasteiger partial charge is 0.497 e. The van der Waals surface area contributed by atoms with Crippen LogP contribution in [0.2, 0.25) is 5.02 Å². The summed E-state index contributed by atoms with van der Waals surface area (Å²) in [6, 6.07) is 8.72. The molecule has 4 rings (SSSR count). The van der Waals surface area contributed by atoms with Crippen LogP contribution in [-0.2, 0) is 23.6 Å².